The highest BCUT2D eigenvalue weighted by molar-refractivity contribution is 7.89. The predicted octanol–water partition coefficient (Wildman–Crippen LogP) is 2.46. The molecule has 0 aliphatic carbocycles. The molecule has 1 N–H and O–H groups in total. The number of aliphatic hydroxyl groups excluding tert-OH is 1. The van der Waals surface area contributed by atoms with Crippen LogP contribution in [-0.4, -0.2) is 44.6 Å². The van der Waals surface area contributed by atoms with Crippen molar-refractivity contribution in [2.75, 3.05) is 26.8 Å². The first kappa shape index (κ1) is 17.4. The van der Waals surface area contributed by atoms with Crippen LogP contribution in [0.1, 0.15) is 17.0 Å². The number of ether oxygens (including phenoxy) is 1. The third-order valence-electron chi connectivity index (χ3n) is 4.62. The second-order valence-corrected chi connectivity index (χ2v) is 8.78. The Kier molecular flexibility index (Phi) is 4.96. The highest BCUT2D eigenvalue weighted by Crippen LogP contribution is 2.36. The van der Waals surface area contributed by atoms with E-state index in [2.05, 4.69) is 0 Å². The third kappa shape index (κ3) is 3.09. The molecular weight excluding hydrogens is 346 g/mol. The number of aryl methyl sites for hydroxylation is 1. The molecule has 7 heteroatoms. The Balaban J connectivity index is 1.89. The Morgan fingerprint density at radius 1 is 1.33 bits per heavy atom. The van der Waals surface area contributed by atoms with Gasteiger partial charge in [0.2, 0.25) is 10.0 Å². The molecule has 2 unspecified atom stereocenters. The SMILES string of the molecule is COc1ccc(S(=O)(=O)N2CC(CO)C(c3ccsc3)C2)cc1C. The van der Waals surface area contributed by atoms with E-state index >= 15 is 0 Å². The molecule has 1 fully saturated rings. The van der Waals surface area contributed by atoms with Crippen molar-refractivity contribution in [3.05, 3.63) is 46.2 Å². The third-order valence-corrected chi connectivity index (χ3v) is 7.15. The number of sulfonamides is 1. The van der Waals surface area contributed by atoms with Crippen LogP contribution >= 0.6 is 11.3 Å². The molecule has 1 saturated heterocycles. The minimum Gasteiger partial charge on any atom is -0.496 e. The van der Waals surface area contributed by atoms with Gasteiger partial charge in [-0.3, -0.25) is 0 Å². The highest BCUT2D eigenvalue weighted by Gasteiger charge is 2.39. The van der Waals surface area contributed by atoms with Crippen molar-refractivity contribution in [2.24, 2.45) is 5.92 Å². The largest absolute Gasteiger partial charge is 0.496 e. The number of rotatable bonds is 5. The number of benzene rings is 1. The molecule has 130 valence electrons. The van der Waals surface area contributed by atoms with Crippen LogP contribution in [0.3, 0.4) is 0 Å². The van der Waals surface area contributed by atoms with E-state index in [-0.39, 0.29) is 23.3 Å². The summed E-state index contributed by atoms with van der Waals surface area (Å²) in [6.07, 6.45) is 0. The number of hydrogen-bond donors (Lipinski definition) is 1. The lowest BCUT2D eigenvalue weighted by Gasteiger charge is -2.17. The van der Waals surface area contributed by atoms with Gasteiger partial charge < -0.3 is 9.84 Å². The molecule has 5 nitrogen and oxygen atoms in total. The summed E-state index contributed by atoms with van der Waals surface area (Å²) in [7, 11) is -2.02. The Hall–Kier alpha value is -1.41. The molecular formula is C17H21NO4S2. The van der Waals surface area contributed by atoms with Crippen LogP contribution in [0.4, 0.5) is 0 Å². The molecule has 0 saturated carbocycles. The van der Waals surface area contributed by atoms with Crippen LogP contribution in [0.5, 0.6) is 5.75 Å². The predicted molar refractivity (Wildman–Crippen MR) is 94.1 cm³/mol. The van der Waals surface area contributed by atoms with Crippen LogP contribution in [0.2, 0.25) is 0 Å². The molecule has 0 amide bonds. The van der Waals surface area contributed by atoms with Gasteiger partial charge in [-0.2, -0.15) is 15.6 Å². The highest BCUT2D eigenvalue weighted by atomic mass is 32.2. The van der Waals surface area contributed by atoms with Gasteiger partial charge in [-0.15, -0.1) is 0 Å². The lowest BCUT2D eigenvalue weighted by molar-refractivity contribution is 0.223. The summed E-state index contributed by atoms with van der Waals surface area (Å²) in [5.41, 5.74) is 1.88. The summed E-state index contributed by atoms with van der Waals surface area (Å²) in [6, 6.07) is 6.90. The molecule has 2 heterocycles. The molecule has 1 aliphatic rings. The molecule has 1 aromatic heterocycles. The maximum atomic E-state index is 13.0. The van der Waals surface area contributed by atoms with E-state index in [0.29, 0.717) is 18.8 Å². The second-order valence-electron chi connectivity index (χ2n) is 6.06. The fourth-order valence-corrected chi connectivity index (χ4v) is 5.57. The quantitative estimate of drug-likeness (QED) is 0.882. The average Bonchev–Trinajstić information content (AvgIpc) is 3.23. The van der Waals surface area contributed by atoms with Gasteiger partial charge in [0.15, 0.2) is 0 Å². The molecule has 24 heavy (non-hydrogen) atoms. The summed E-state index contributed by atoms with van der Waals surface area (Å²) in [4.78, 5) is 0.267. The molecule has 0 spiro atoms. The zero-order valence-electron chi connectivity index (χ0n) is 13.7. The molecule has 2 atom stereocenters. The lowest BCUT2D eigenvalue weighted by atomic mass is 9.92. The summed E-state index contributed by atoms with van der Waals surface area (Å²) < 4.78 is 32.6. The van der Waals surface area contributed by atoms with Crippen LogP contribution in [0.15, 0.2) is 39.9 Å². The van der Waals surface area contributed by atoms with E-state index in [9.17, 15) is 13.5 Å². The molecule has 1 aliphatic heterocycles. The lowest BCUT2D eigenvalue weighted by Crippen LogP contribution is -2.29. The van der Waals surface area contributed by atoms with Gasteiger partial charge in [0.05, 0.1) is 12.0 Å². The van der Waals surface area contributed by atoms with E-state index in [4.69, 9.17) is 4.74 Å². The van der Waals surface area contributed by atoms with Crippen molar-refractivity contribution in [3.8, 4) is 5.75 Å². The van der Waals surface area contributed by atoms with Crippen LogP contribution in [0.25, 0.3) is 0 Å². The Bertz CT molecular complexity index is 802. The smallest absolute Gasteiger partial charge is 0.243 e. The fourth-order valence-electron chi connectivity index (χ4n) is 3.24. The zero-order valence-corrected chi connectivity index (χ0v) is 15.3. The summed E-state index contributed by atoms with van der Waals surface area (Å²) in [6.45, 7) is 2.54. The maximum absolute atomic E-state index is 13.0. The van der Waals surface area contributed by atoms with Gasteiger partial charge >= 0.3 is 0 Å². The van der Waals surface area contributed by atoms with Crippen LogP contribution in [0, 0.1) is 12.8 Å². The Morgan fingerprint density at radius 3 is 2.71 bits per heavy atom. The van der Waals surface area contributed by atoms with Crippen LogP contribution < -0.4 is 4.74 Å². The molecule has 0 bridgehead atoms. The van der Waals surface area contributed by atoms with Crippen molar-refractivity contribution in [1.82, 2.24) is 4.31 Å². The minimum atomic E-state index is -3.58. The number of nitrogens with zero attached hydrogens (tertiary/aromatic N) is 1. The van der Waals surface area contributed by atoms with E-state index in [1.807, 2.05) is 23.8 Å². The summed E-state index contributed by atoms with van der Waals surface area (Å²) in [5, 5.41) is 13.7. The van der Waals surface area contributed by atoms with Crippen LogP contribution in [-0.2, 0) is 10.0 Å². The monoisotopic (exact) mass is 367 g/mol. The zero-order chi connectivity index (χ0) is 17.3. The van der Waals surface area contributed by atoms with Crippen molar-refractivity contribution in [1.29, 1.82) is 0 Å². The number of hydrogen-bond acceptors (Lipinski definition) is 5. The van der Waals surface area contributed by atoms with E-state index < -0.39 is 10.0 Å². The molecule has 1 aromatic carbocycles. The average molecular weight is 367 g/mol. The maximum Gasteiger partial charge on any atom is 0.243 e. The molecule has 3 rings (SSSR count). The van der Waals surface area contributed by atoms with Gasteiger partial charge in [-0.05, 0) is 53.1 Å². The van der Waals surface area contributed by atoms with Crippen molar-refractivity contribution < 1.29 is 18.3 Å². The van der Waals surface area contributed by atoms with E-state index in [0.717, 1.165) is 11.1 Å². The standard InChI is InChI=1S/C17H21NO4S2/c1-12-7-15(3-4-17(12)22-2)24(20,21)18-8-14(10-19)16(9-18)13-5-6-23-11-13/h3-7,11,14,16,19H,8-10H2,1-2H3. The van der Waals surface area contributed by atoms with Gasteiger partial charge in [0.1, 0.15) is 5.75 Å². The second kappa shape index (κ2) is 6.84. The summed E-state index contributed by atoms with van der Waals surface area (Å²) >= 11 is 1.59. The topological polar surface area (TPSA) is 66.8 Å². The minimum absolute atomic E-state index is 0.0197. The van der Waals surface area contributed by atoms with Crippen molar-refractivity contribution >= 4 is 21.4 Å². The van der Waals surface area contributed by atoms with Crippen molar-refractivity contribution in [2.45, 2.75) is 17.7 Å². The first-order valence-corrected chi connectivity index (χ1v) is 10.1. The summed E-state index contributed by atoms with van der Waals surface area (Å²) in [5.74, 6) is 0.629. The Morgan fingerprint density at radius 2 is 2.12 bits per heavy atom. The fraction of sp³-hybridized carbons (Fsp3) is 0.412. The first-order valence-electron chi connectivity index (χ1n) is 7.75. The number of aliphatic hydroxyl groups is 1. The van der Waals surface area contributed by atoms with Gasteiger partial charge in [0, 0.05) is 31.5 Å². The van der Waals surface area contributed by atoms with Gasteiger partial charge in [-0.1, -0.05) is 0 Å². The number of methoxy groups -OCH3 is 1. The number of thiophene rings is 1. The first-order chi connectivity index (χ1) is 11.5. The molecule has 2 aromatic rings. The van der Waals surface area contributed by atoms with Crippen molar-refractivity contribution in [3.63, 3.8) is 0 Å². The van der Waals surface area contributed by atoms with E-state index in [1.165, 1.54) is 4.31 Å². The van der Waals surface area contributed by atoms with E-state index in [1.54, 1.807) is 36.6 Å². The van der Waals surface area contributed by atoms with Gasteiger partial charge in [0.25, 0.3) is 0 Å². The Labute approximate surface area is 146 Å². The molecule has 0 radical (unpaired) electrons. The normalized spacial score (nSPS) is 22.0. The van der Waals surface area contributed by atoms with Gasteiger partial charge in [-0.25, -0.2) is 8.42 Å².